The molecule has 0 amide bonds. The Morgan fingerprint density at radius 1 is 1.64 bits per heavy atom. The van der Waals surface area contributed by atoms with Crippen molar-refractivity contribution in [3.63, 3.8) is 0 Å². The standard InChI is InChI=1S/C11H19NOS/c1-5-8-9(6-2)11(12-4)10(7-3)14-13/h5,7-9,12-13H,3,6H2,1-2,4H3/b8-5-,11-10-. The van der Waals surface area contributed by atoms with E-state index >= 15 is 0 Å². The van der Waals surface area contributed by atoms with Gasteiger partial charge >= 0.3 is 0 Å². The number of nitrogens with one attached hydrogen (secondary N) is 1. The van der Waals surface area contributed by atoms with Crippen LogP contribution in [-0.4, -0.2) is 11.6 Å². The summed E-state index contributed by atoms with van der Waals surface area (Å²) < 4.78 is 9.06. The van der Waals surface area contributed by atoms with Gasteiger partial charge in [-0.3, -0.25) is 0 Å². The molecule has 0 bridgehead atoms. The molecule has 0 fully saturated rings. The van der Waals surface area contributed by atoms with Gasteiger partial charge in [0.15, 0.2) is 0 Å². The molecule has 1 unspecified atom stereocenters. The van der Waals surface area contributed by atoms with Crippen LogP contribution in [-0.2, 0) is 0 Å². The van der Waals surface area contributed by atoms with E-state index in [2.05, 4.69) is 24.9 Å². The SMILES string of the molecule is C=C/C(SO)=C(/NC)C(/C=C\C)CC. The highest BCUT2D eigenvalue weighted by atomic mass is 32.2. The molecule has 0 aromatic carbocycles. The molecule has 0 aromatic heterocycles. The average Bonchev–Trinajstić information content (AvgIpc) is 2.23. The molecule has 0 rings (SSSR count). The lowest BCUT2D eigenvalue weighted by Gasteiger charge is -2.17. The third-order valence-electron chi connectivity index (χ3n) is 2.05. The maximum Gasteiger partial charge on any atom is 0.0540 e. The number of hydrogen-bond donors (Lipinski definition) is 2. The zero-order chi connectivity index (χ0) is 11.0. The molecule has 0 radical (unpaired) electrons. The molecule has 0 saturated heterocycles. The summed E-state index contributed by atoms with van der Waals surface area (Å²) in [5, 5.41) is 3.12. The largest absolute Gasteiger partial charge is 0.390 e. The quantitative estimate of drug-likeness (QED) is 0.403. The van der Waals surface area contributed by atoms with Crippen molar-refractivity contribution < 1.29 is 4.55 Å². The average molecular weight is 213 g/mol. The van der Waals surface area contributed by atoms with Crippen molar-refractivity contribution in [3.05, 3.63) is 35.4 Å². The Morgan fingerprint density at radius 2 is 2.29 bits per heavy atom. The first-order valence-corrected chi connectivity index (χ1v) is 5.51. The van der Waals surface area contributed by atoms with Gasteiger partial charge in [0, 0.05) is 30.7 Å². The smallest absolute Gasteiger partial charge is 0.0540 e. The fourth-order valence-corrected chi connectivity index (χ4v) is 1.78. The van der Waals surface area contributed by atoms with Gasteiger partial charge in [-0.25, -0.2) is 0 Å². The molecule has 0 spiro atoms. The first-order chi connectivity index (χ1) is 6.74. The van der Waals surface area contributed by atoms with Crippen LogP contribution in [0.25, 0.3) is 0 Å². The van der Waals surface area contributed by atoms with Gasteiger partial charge in [-0.2, -0.15) is 0 Å². The van der Waals surface area contributed by atoms with Crippen LogP contribution < -0.4 is 5.32 Å². The summed E-state index contributed by atoms with van der Waals surface area (Å²) in [5.41, 5.74) is 1.02. The minimum absolute atomic E-state index is 0.317. The van der Waals surface area contributed by atoms with E-state index in [0.717, 1.165) is 29.1 Å². The van der Waals surface area contributed by atoms with Gasteiger partial charge in [0.05, 0.1) is 4.91 Å². The minimum atomic E-state index is 0.317. The van der Waals surface area contributed by atoms with Gasteiger partial charge in [-0.05, 0) is 13.3 Å². The van der Waals surface area contributed by atoms with Crippen molar-refractivity contribution in [3.8, 4) is 0 Å². The Kier molecular flexibility index (Phi) is 7.34. The zero-order valence-electron chi connectivity index (χ0n) is 9.08. The van der Waals surface area contributed by atoms with E-state index in [4.69, 9.17) is 4.55 Å². The highest BCUT2D eigenvalue weighted by Crippen LogP contribution is 2.24. The zero-order valence-corrected chi connectivity index (χ0v) is 9.90. The second-order valence-corrected chi connectivity index (χ2v) is 3.49. The highest BCUT2D eigenvalue weighted by Gasteiger charge is 2.11. The van der Waals surface area contributed by atoms with Gasteiger partial charge in [-0.1, -0.05) is 31.7 Å². The van der Waals surface area contributed by atoms with Crippen molar-refractivity contribution in [2.24, 2.45) is 5.92 Å². The van der Waals surface area contributed by atoms with Gasteiger partial charge in [-0.15, -0.1) is 0 Å². The van der Waals surface area contributed by atoms with Crippen LogP contribution in [0.3, 0.4) is 0 Å². The monoisotopic (exact) mass is 213 g/mol. The Bertz CT molecular complexity index is 233. The Hall–Kier alpha value is -0.670. The van der Waals surface area contributed by atoms with E-state index in [-0.39, 0.29) is 0 Å². The summed E-state index contributed by atoms with van der Waals surface area (Å²) in [7, 11) is 1.86. The molecule has 0 aliphatic heterocycles. The predicted octanol–water partition coefficient (Wildman–Crippen LogP) is 3.41. The lowest BCUT2D eigenvalue weighted by Crippen LogP contribution is -2.16. The fraction of sp³-hybridized carbons (Fsp3) is 0.455. The van der Waals surface area contributed by atoms with E-state index in [1.165, 1.54) is 0 Å². The molecule has 80 valence electrons. The topological polar surface area (TPSA) is 32.3 Å². The summed E-state index contributed by atoms with van der Waals surface area (Å²) in [6.07, 6.45) is 6.81. The van der Waals surface area contributed by atoms with E-state index in [1.807, 2.05) is 20.0 Å². The maximum absolute atomic E-state index is 9.06. The molecule has 0 aromatic rings. The molecule has 2 N–H and O–H groups in total. The van der Waals surface area contributed by atoms with Crippen molar-refractivity contribution in [2.75, 3.05) is 7.05 Å². The summed E-state index contributed by atoms with van der Waals surface area (Å²) in [4.78, 5) is 0.789. The van der Waals surface area contributed by atoms with E-state index in [0.29, 0.717) is 5.92 Å². The molecule has 14 heavy (non-hydrogen) atoms. The van der Waals surface area contributed by atoms with Crippen LogP contribution in [0.4, 0.5) is 0 Å². The van der Waals surface area contributed by atoms with Crippen molar-refractivity contribution >= 4 is 12.0 Å². The van der Waals surface area contributed by atoms with Gasteiger partial charge in [0.1, 0.15) is 0 Å². The van der Waals surface area contributed by atoms with Crippen molar-refractivity contribution in [1.29, 1.82) is 0 Å². The molecule has 0 aliphatic carbocycles. The third-order valence-corrected chi connectivity index (χ3v) is 2.64. The van der Waals surface area contributed by atoms with Crippen LogP contribution in [0.5, 0.6) is 0 Å². The Morgan fingerprint density at radius 3 is 2.57 bits per heavy atom. The predicted molar refractivity (Wildman–Crippen MR) is 65.1 cm³/mol. The first kappa shape index (κ1) is 13.3. The van der Waals surface area contributed by atoms with E-state index in [1.54, 1.807) is 6.08 Å². The molecular formula is C11H19NOS. The van der Waals surface area contributed by atoms with Crippen LogP contribution >= 0.6 is 12.0 Å². The summed E-state index contributed by atoms with van der Waals surface area (Å²) in [6, 6.07) is 0. The highest BCUT2D eigenvalue weighted by molar-refractivity contribution is 7.97. The molecular weight excluding hydrogens is 194 g/mol. The second kappa shape index (κ2) is 7.71. The molecule has 2 nitrogen and oxygen atoms in total. The summed E-state index contributed by atoms with van der Waals surface area (Å²) in [6.45, 7) is 7.79. The summed E-state index contributed by atoms with van der Waals surface area (Å²) >= 11 is 0.737. The lowest BCUT2D eigenvalue weighted by molar-refractivity contribution is 0.655. The molecule has 0 heterocycles. The molecule has 1 atom stereocenters. The van der Waals surface area contributed by atoms with Crippen LogP contribution in [0.2, 0.25) is 0 Å². The van der Waals surface area contributed by atoms with Crippen LogP contribution in [0.15, 0.2) is 35.4 Å². The third kappa shape index (κ3) is 3.60. The maximum atomic E-state index is 9.06. The van der Waals surface area contributed by atoms with Crippen molar-refractivity contribution in [2.45, 2.75) is 20.3 Å². The van der Waals surface area contributed by atoms with Gasteiger partial charge in [0.2, 0.25) is 0 Å². The minimum Gasteiger partial charge on any atom is -0.390 e. The molecule has 3 heteroatoms. The Labute approximate surface area is 91.0 Å². The summed E-state index contributed by atoms with van der Waals surface area (Å²) in [5.74, 6) is 0.317. The first-order valence-electron chi connectivity index (χ1n) is 4.73. The number of hydrogen-bond acceptors (Lipinski definition) is 3. The fourth-order valence-electron chi connectivity index (χ4n) is 1.36. The lowest BCUT2D eigenvalue weighted by atomic mass is 10.0. The van der Waals surface area contributed by atoms with Crippen molar-refractivity contribution in [1.82, 2.24) is 5.32 Å². The number of rotatable bonds is 6. The molecule has 0 saturated carbocycles. The van der Waals surface area contributed by atoms with E-state index in [9.17, 15) is 0 Å². The number of allylic oxidation sites excluding steroid dienone is 3. The van der Waals surface area contributed by atoms with Gasteiger partial charge < -0.3 is 9.87 Å². The normalized spacial score (nSPS) is 15.1. The second-order valence-electron chi connectivity index (χ2n) is 2.86. The van der Waals surface area contributed by atoms with Gasteiger partial charge in [0.25, 0.3) is 0 Å². The van der Waals surface area contributed by atoms with E-state index < -0.39 is 0 Å². The Balaban J connectivity index is 4.99. The molecule has 0 aliphatic rings. The van der Waals surface area contributed by atoms with Crippen LogP contribution in [0.1, 0.15) is 20.3 Å². The van der Waals surface area contributed by atoms with Crippen LogP contribution in [0, 0.1) is 5.92 Å².